The van der Waals surface area contributed by atoms with Crippen LogP contribution < -0.4 is 0 Å². The highest BCUT2D eigenvalue weighted by Crippen LogP contribution is 2.27. The summed E-state index contributed by atoms with van der Waals surface area (Å²) in [5.74, 6) is -1.82. The molecule has 0 saturated carbocycles. The van der Waals surface area contributed by atoms with E-state index < -0.39 is 17.5 Å². The molecule has 0 amide bonds. The maximum absolute atomic E-state index is 11.0. The van der Waals surface area contributed by atoms with Crippen molar-refractivity contribution in [2.24, 2.45) is 11.8 Å². The predicted molar refractivity (Wildman–Crippen MR) is 56.0 cm³/mol. The van der Waals surface area contributed by atoms with Crippen LogP contribution in [0.15, 0.2) is 11.6 Å². The molecule has 0 heterocycles. The molecule has 0 aliphatic carbocycles. The van der Waals surface area contributed by atoms with Crippen molar-refractivity contribution >= 4 is 5.97 Å². The number of carboxylic acid groups (broad SMARTS) is 1. The van der Waals surface area contributed by atoms with Gasteiger partial charge in [-0.1, -0.05) is 25.5 Å². The molecular weight excluding hydrogens is 180 g/mol. The second-order valence-corrected chi connectivity index (χ2v) is 4.51. The first-order valence-corrected chi connectivity index (χ1v) is 4.79. The Morgan fingerprint density at radius 3 is 2.00 bits per heavy atom. The molecule has 0 aliphatic heterocycles. The third-order valence-electron chi connectivity index (χ3n) is 2.14. The summed E-state index contributed by atoms with van der Waals surface area (Å²) >= 11 is 0. The molecule has 0 spiro atoms. The lowest BCUT2D eigenvalue weighted by molar-refractivity contribution is -0.151. The monoisotopic (exact) mass is 200 g/mol. The number of hydrogen-bond acceptors (Lipinski definition) is 2. The van der Waals surface area contributed by atoms with Crippen LogP contribution in [-0.4, -0.2) is 21.8 Å². The number of allylic oxidation sites excluding steroid dienone is 1. The van der Waals surface area contributed by atoms with Crippen LogP contribution in [0, 0.1) is 11.8 Å². The Morgan fingerprint density at radius 2 is 1.79 bits per heavy atom. The molecule has 3 heteroatoms. The Kier molecular flexibility index (Phi) is 4.33. The summed E-state index contributed by atoms with van der Waals surface area (Å²) in [4.78, 5) is 11.0. The van der Waals surface area contributed by atoms with Gasteiger partial charge in [-0.15, -0.1) is 0 Å². The zero-order chi connectivity index (χ0) is 11.5. The normalized spacial score (nSPS) is 17.4. The van der Waals surface area contributed by atoms with Gasteiger partial charge in [0.15, 0.2) is 0 Å². The van der Waals surface area contributed by atoms with Crippen LogP contribution in [0.1, 0.15) is 34.6 Å². The Bertz CT molecular complexity index is 235. The van der Waals surface area contributed by atoms with E-state index in [2.05, 4.69) is 0 Å². The summed E-state index contributed by atoms with van der Waals surface area (Å²) in [6.07, 6.45) is 1.60. The molecule has 82 valence electrons. The van der Waals surface area contributed by atoms with Gasteiger partial charge in [0.25, 0.3) is 0 Å². The molecule has 2 unspecified atom stereocenters. The van der Waals surface area contributed by atoms with Crippen LogP contribution in [0.3, 0.4) is 0 Å². The zero-order valence-electron chi connectivity index (χ0n) is 9.53. The fourth-order valence-electron chi connectivity index (χ4n) is 1.88. The number of carbonyl (C=O) groups is 1. The van der Waals surface area contributed by atoms with Crippen LogP contribution in [0.25, 0.3) is 0 Å². The summed E-state index contributed by atoms with van der Waals surface area (Å²) in [7, 11) is 0. The van der Waals surface area contributed by atoms with Crippen LogP contribution in [-0.2, 0) is 4.79 Å². The van der Waals surface area contributed by atoms with E-state index >= 15 is 0 Å². The van der Waals surface area contributed by atoms with Crippen molar-refractivity contribution < 1.29 is 15.0 Å². The molecule has 14 heavy (non-hydrogen) atoms. The number of rotatable bonds is 4. The molecule has 2 atom stereocenters. The maximum Gasteiger partial charge on any atom is 0.310 e. The van der Waals surface area contributed by atoms with Gasteiger partial charge in [-0.05, 0) is 26.7 Å². The average molecular weight is 200 g/mol. The number of carboxylic acids is 1. The molecule has 0 aromatic heterocycles. The van der Waals surface area contributed by atoms with Gasteiger partial charge in [0.1, 0.15) is 0 Å². The maximum atomic E-state index is 11.0. The summed E-state index contributed by atoms with van der Waals surface area (Å²) in [6, 6.07) is 0. The SMILES string of the molecule is CC(C)=CC(C)(O)C(C(=O)O)C(C)C. The fourth-order valence-corrected chi connectivity index (χ4v) is 1.88. The van der Waals surface area contributed by atoms with Crippen molar-refractivity contribution in [3.63, 3.8) is 0 Å². The van der Waals surface area contributed by atoms with Crippen molar-refractivity contribution in [2.75, 3.05) is 0 Å². The largest absolute Gasteiger partial charge is 0.481 e. The second-order valence-electron chi connectivity index (χ2n) is 4.51. The third kappa shape index (κ3) is 3.50. The average Bonchev–Trinajstić information content (AvgIpc) is 1.77. The summed E-state index contributed by atoms with van der Waals surface area (Å²) in [5, 5.41) is 19.0. The second kappa shape index (κ2) is 4.60. The van der Waals surface area contributed by atoms with Gasteiger partial charge in [-0.2, -0.15) is 0 Å². The molecule has 0 aromatic carbocycles. The van der Waals surface area contributed by atoms with E-state index in [-0.39, 0.29) is 5.92 Å². The number of aliphatic hydroxyl groups is 1. The van der Waals surface area contributed by atoms with Crippen LogP contribution in [0.2, 0.25) is 0 Å². The van der Waals surface area contributed by atoms with E-state index in [0.717, 1.165) is 5.57 Å². The van der Waals surface area contributed by atoms with Crippen molar-refractivity contribution in [3.8, 4) is 0 Å². The van der Waals surface area contributed by atoms with Gasteiger partial charge in [-0.25, -0.2) is 0 Å². The number of aliphatic carboxylic acids is 1. The van der Waals surface area contributed by atoms with E-state index in [0.29, 0.717) is 0 Å². The molecule has 0 fully saturated rings. The highest BCUT2D eigenvalue weighted by atomic mass is 16.4. The fraction of sp³-hybridized carbons (Fsp3) is 0.727. The highest BCUT2D eigenvalue weighted by Gasteiger charge is 2.37. The zero-order valence-corrected chi connectivity index (χ0v) is 9.53. The van der Waals surface area contributed by atoms with Gasteiger partial charge in [0.2, 0.25) is 0 Å². The van der Waals surface area contributed by atoms with Gasteiger partial charge in [0, 0.05) is 0 Å². The van der Waals surface area contributed by atoms with Crippen LogP contribution in [0.4, 0.5) is 0 Å². The molecule has 3 nitrogen and oxygen atoms in total. The molecule has 0 bridgehead atoms. The van der Waals surface area contributed by atoms with Gasteiger partial charge >= 0.3 is 5.97 Å². The van der Waals surface area contributed by atoms with Crippen LogP contribution >= 0.6 is 0 Å². The number of hydrogen-bond donors (Lipinski definition) is 2. The van der Waals surface area contributed by atoms with Crippen molar-refractivity contribution in [2.45, 2.75) is 40.2 Å². The smallest absolute Gasteiger partial charge is 0.310 e. The minimum atomic E-state index is -1.28. The Balaban J connectivity index is 5.00. The summed E-state index contributed by atoms with van der Waals surface area (Å²) in [5.41, 5.74) is -0.361. The van der Waals surface area contributed by atoms with Crippen molar-refractivity contribution in [1.29, 1.82) is 0 Å². The summed E-state index contributed by atoms with van der Waals surface area (Å²) in [6.45, 7) is 8.82. The standard InChI is InChI=1S/C11H20O3/c1-7(2)6-11(5,14)9(8(3)4)10(12)13/h6,8-9,14H,1-5H3,(H,12,13). The van der Waals surface area contributed by atoms with Crippen molar-refractivity contribution in [3.05, 3.63) is 11.6 Å². The minimum absolute atomic E-state index is 0.0990. The van der Waals surface area contributed by atoms with Crippen molar-refractivity contribution in [1.82, 2.24) is 0 Å². The lowest BCUT2D eigenvalue weighted by Gasteiger charge is -2.30. The summed E-state index contributed by atoms with van der Waals surface area (Å²) < 4.78 is 0. The first-order chi connectivity index (χ1) is 6.18. The topological polar surface area (TPSA) is 57.5 Å². The Hall–Kier alpha value is -0.830. The van der Waals surface area contributed by atoms with E-state index in [9.17, 15) is 9.90 Å². The molecule has 0 rings (SSSR count). The molecule has 0 saturated heterocycles. The molecule has 0 aromatic rings. The quantitative estimate of drug-likeness (QED) is 0.683. The molecular formula is C11H20O3. The van der Waals surface area contributed by atoms with Gasteiger partial charge < -0.3 is 10.2 Å². The lowest BCUT2D eigenvalue weighted by atomic mass is 9.80. The predicted octanol–water partition coefficient (Wildman–Crippen LogP) is 2.06. The highest BCUT2D eigenvalue weighted by molar-refractivity contribution is 5.72. The third-order valence-corrected chi connectivity index (χ3v) is 2.14. The lowest BCUT2D eigenvalue weighted by Crippen LogP contribution is -2.41. The van der Waals surface area contributed by atoms with Gasteiger partial charge in [-0.3, -0.25) is 4.79 Å². The first-order valence-electron chi connectivity index (χ1n) is 4.79. The molecule has 0 aliphatic rings. The molecule has 2 N–H and O–H groups in total. The van der Waals surface area contributed by atoms with Gasteiger partial charge in [0.05, 0.1) is 11.5 Å². The Morgan fingerprint density at radius 1 is 1.36 bits per heavy atom. The van der Waals surface area contributed by atoms with E-state index in [1.807, 2.05) is 13.8 Å². The van der Waals surface area contributed by atoms with E-state index in [4.69, 9.17) is 5.11 Å². The minimum Gasteiger partial charge on any atom is -0.481 e. The Labute approximate surface area is 85.4 Å². The van der Waals surface area contributed by atoms with E-state index in [1.165, 1.54) is 0 Å². The molecule has 0 radical (unpaired) electrons. The first kappa shape index (κ1) is 13.2. The van der Waals surface area contributed by atoms with E-state index in [1.54, 1.807) is 26.8 Å². The van der Waals surface area contributed by atoms with Crippen LogP contribution in [0.5, 0.6) is 0 Å².